The average Bonchev–Trinajstić information content (AvgIpc) is 3.03. The van der Waals surface area contributed by atoms with Crippen LogP contribution < -0.4 is 5.73 Å². The monoisotopic (exact) mass is 294 g/mol. The van der Waals surface area contributed by atoms with Crippen molar-refractivity contribution in [2.24, 2.45) is 17.1 Å². The first-order valence-corrected chi connectivity index (χ1v) is 7.80. The molecular formula is C14H22N4OS. The number of aryl methyl sites for hydroxylation is 1. The summed E-state index contributed by atoms with van der Waals surface area (Å²) in [4.78, 5) is 9.39. The van der Waals surface area contributed by atoms with Crippen molar-refractivity contribution in [1.82, 2.24) is 15.1 Å². The van der Waals surface area contributed by atoms with Crippen molar-refractivity contribution >= 4 is 11.3 Å². The fourth-order valence-corrected chi connectivity index (χ4v) is 2.84. The smallest absolute Gasteiger partial charge is 0.226 e. The van der Waals surface area contributed by atoms with E-state index >= 15 is 0 Å². The lowest BCUT2D eigenvalue weighted by atomic mass is 9.76. The van der Waals surface area contributed by atoms with E-state index in [1.54, 1.807) is 11.7 Å². The molecule has 5 nitrogen and oxygen atoms in total. The molecular weight excluding hydrogens is 272 g/mol. The second-order valence-corrected chi connectivity index (χ2v) is 6.94. The summed E-state index contributed by atoms with van der Waals surface area (Å²) in [7, 11) is 0. The van der Waals surface area contributed by atoms with E-state index in [2.05, 4.69) is 35.9 Å². The van der Waals surface area contributed by atoms with Gasteiger partial charge in [0.05, 0.1) is 10.4 Å². The second-order valence-electron chi connectivity index (χ2n) is 6.06. The number of nitrogens with two attached hydrogens (primary N) is 1. The Labute approximate surface area is 123 Å². The zero-order valence-electron chi connectivity index (χ0n) is 12.3. The maximum absolute atomic E-state index is 5.71. The number of rotatable bonds is 6. The molecule has 0 saturated carbocycles. The van der Waals surface area contributed by atoms with Crippen LogP contribution in [0.4, 0.5) is 0 Å². The molecule has 20 heavy (non-hydrogen) atoms. The van der Waals surface area contributed by atoms with Crippen molar-refractivity contribution in [3.05, 3.63) is 17.6 Å². The summed E-state index contributed by atoms with van der Waals surface area (Å²) in [5, 5.41) is 4.00. The molecule has 0 bridgehead atoms. The van der Waals surface area contributed by atoms with Crippen molar-refractivity contribution in [3.8, 4) is 10.7 Å². The van der Waals surface area contributed by atoms with Gasteiger partial charge < -0.3 is 10.3 Å². The van der Waals surface area contributed by atoms with Crippen LogP contribution in [-0.4, -0.2) is 21.7 Å². The Morgan fingerprint density at radius 3 is 2.75 bits per heavy atom. The molecule has 0 amide bonds. The maximum Gasteiger partial charge on any atom is 0.226 e. The van der Waals surface area contributed by atoms with Gasteiger partial charge in [-0.3, -0.25) is 4.98 Å². The van der Waals surface area contributed by atoms with Crippen molar-refractivity contribution in [2.45, 2.75) is 40.0 Å². The average molecular weight is 294 g/mol. The van der Waals surface area contributed by atoms with Gasteiger partial charge in [0, 0.05) is 12.6 Å². The minimum atomic E-state index is 0.250. The minimum absolute atomic E-state index is 0.250. The van der Waals surface area contributed by atoms with Crippen LogP contribution in [0.3, 0.4) is 0 Å². The standard InChI is InChI=1S/C14H22N4OS/c1-14(2,3)10(6-7-15)4-5-12-17-13(18-19-12)11-8-16-9-20-11/h8-10H,4-7,15H2,1-3H3. The first-order chi connectivity index (χ1) is 9.50. The first-order valence-electron chi connectivity index (χ1n) is 6.92. The van der Waals surface area contributed by atoms with Crippen LogP contribution in [0.15, 0.2) is 16.2 Å². The Kier molecular flexibility index (Phi) is 4.88. The molecule has 6 heteroatoms. The molecule has 110 valence electrons. The summed E-state index contributed by atoms with van der Waals surface area (Å²) in [6, 6.07) is 0. The molecule has 0 aliphatic heterocycles. The largest absolute Gasteiger partial charge is 0.339 e. The number of hydrogen-bond donors (Lipinski definition) is 1. The third kappa shape index (κ3) is 3.86. The number of thiazole rings is 1. The Bertz CT molecular complexity index is 516. The highest BCUT2D eigenvalue weighted by atomic mass is 32.1. The molecule has 0 aliphatic rings. The molecule has 0 aromatic carbocycles. The first kappa shape index (κ1) is 15.1. The quantitative estimate of drug-likeness (QED) is 0.885. The maximum atomic E-state index is 5.71. The molecule has 0 fully saturated rings. The van der Waals surface area contributed by atoms with E-state index in [4.69, 9.17) is 10.3 Å². The predicted molar refractivity (Wildman–Crippen MR) is 80.3 cm³/mol. The van der Waals surface area contributed by atoms with Gasteiger partial charge in [0.15, 0.2) is 0 Å². The molecule has 2 aromatic rings. The van der Waals surface area contributed by atoms with E-state index in [0.29, 0.717) is 17.6 Å². The molecule has 2 aromatic heterocycles. The molecule has 2 N–H and O–H groups in total. The summed E-state index contributed by atoms with van der Waals surface area (Å²) in [6.45, 7) is 7.48. The van der Waals surface area contributed by atoms with Gasteiger partial charge in [-0.15, -0.1) is 11.3 Å². The summed E-state index contributed by atoms with van der Waals surface area (Å²) in [6.07, 6.45) is 4.60. The van der Waals surface area contributed by atoms with E-state index in [9.17, 15) is 0 Å². The summed E-state index contributed by atoms with van der Waals surface area (Å²) in [5.74, 6) is 1.89. The summed E-state index contributed by atoms with van der Waals surface area (Å²) < 4.78 is 5.32. The van der Waals surface area contributed by atoms with E-state index in [1.807, 2.05) is 0 Å². The zero-order valence-corrected chi connectivity index (χ0v) is 13.1. The van der Waals surface area contributed by atoms with Gasteiger partial charge >= 0.3 is 0 Å². The van der Waals surface area contributed by atoms with Gasteiger partial charge in [0.25, 0.3) is 0 Å². The molecule has 2 heterocycles. The Morgan fingerprint density at radius 2 is 2.15 bits per heavy atom. The zero-order chi connectivity index (χ0) is 14.6. The van der Waals surface area contributed by atoms with Crippen LogP contribution in [0.25, 0.3) is 10.7 Å². The third-order valence-corrected chi connectivity index (χ3v) is 4.34. The highest BCUT2D eigenvalue weighted by Crippen LogP contribution is 2.32. The van der Waals surface area contributed by atoms with Crippen molar-refractivity contribution in [3.63, 3.8) is 0 Å². The van der Waals surface area contributed by atoms with Crippen LogP contribution >= 0.6 is 11.3 Å². The summed E-state index contributed by atoms with van der Waals surface area (Å²) >= 11 is 1.51. The van der Waals surface area contributed by atoms with Crippen LogP contribution in [0, 0.1) is 11.3 Å². The number of hydrogen-bond acceptors (Lipinski definition) is 6. The van der Waals surface area contributed by atoms with E-state index in [1.165, 1.54) is 11.3 Å². The van der Waals surface area contributed by atoms with Gasteiger partial charge in [0.1, 0.15) is 0 Å². The lowest BCUT2D eigenvalue weighted by Gasteiger charge is -2.30. The van der Waals surface area contributed by atoms with Gasteiger partial charge in [-0.1, -0.05) is 25.9 Å². The number of aromatic nitrogens is 3. The summed E-state index contributed by atoms with van der Waals surface area (Å²) in [5.41, 5.74) is 7.72. The van der Waals surface area contributed by atoms with Crippen LogP contribution in [0.1, 0.15) is 39.5 Å². The highest BCUT2D eigenvalue weighted by Gasteiger charge is 2.24. The molecule has 0 spiro atoms. The highest BCUT2D eigenvalue weighted by molar-refractivity contribution is 7.13. The normalized spacial score (nSPS) is 13.6. The Hall–Kier alpha value is -1.27. The van der Waals surface area contributed by atoms with Crippen molar-refractivity contribution in [1.29, 1.82) is 0 Å². The molecule has 2 rings (SSSR count). The molecule has 0 radical (unpaired) electrons. The fourth-order valence-electron chi connectivity index (χ4n) is 2.29. The molecule has 1 atom stereocenters. The lowest BCUT2D eigenvalue weighted by molar-refractivity contribution is 0.208. The molecule has 1 unspecified atom stereocenters. The molecule has 0 saturated heterocycles. The third-order valence-electron chi connectivity index (χ3n) is 3.57. The number of nitrogens with zero attached hydrogens (tertiary/aromatic N) is 3. The van der Waals surface area contributed by atoms with Crippen LogP contribution in [0.5, 0.6) is 0 Å². The van der Waals surface area contributed by atoms with E-state index in [0.717, 1.165) is 30.7 Å². The predicted octanol–water partition coefficient (Wildman–Crippen LogP) is 3.14. The fraction of sp³-hybridized carbons (Fsp3) is 0.643. The topological polar surface area (TPSA) is 77.8 Å². The van der Waals surface area contributed by atoms with Crippen molar-refractivity contribution in [2.75, 3.05) is 6.54 Å². The molecule has 0 aliphatic carbocycles. The van der Waals surface area contributed by atoms with Gasteiger partial charge in [-0.25, -0.2) is 0 Å². The van der Waals surface area contributed by atoms with E-state index in [-0.39, 0.29) is 5.41 Å². The van der Waals surface area contributed by atoms with Gasteiger partial charge in [-0.2, -0.15) is 4.98 Å². The van der Waals surface area contributed by atoms with Crippen LogP contribution in [-0.2, 0) is 6.42 Å². The SMILES string of the molecule is CC(C)(C)C(CCN)CCc1nc(-c2cncs2)no1. The Balaban J connectivity index is 1.97. The second kappa shape index (κ2) is 6.45. The Morgan fingerprint density at radius 1 is 1.35 bits per heavy atom. The van der Waals surface area contributed by atoms with Crippen molar-refractivity contribution < 1.29 is 4.52 Å². The van der Waals surface area contributed by atoms with Gasteiger partial charge in [0.2, 0.25) is 11.7 Å². The lowest BCUT2D eigenvalue weighted by Crippen LogP contribution is -2.24. The van der Waals surface area contributed by atoms with E-state index < -0.39 is 0 Å². The van der Waals surface area contributed by atoms with Crippen LogP contribution in [0.2, 0.25) is 0 Å². The van der Waals surface area contributed by atoms with Gasteiger partial charge in [-0.05, 0) is 30.7 Å². The minimum Gasteiger partial charge on any atom is -0.339 e.